The van der Waals surface area contributed by atoms with Gasteiger partial charge in [-0.25, -0.2) is 4.98 Å². The fourth-order valence-corrected chi connectivity index (χ4v) is 4.02. The molecule has 2 unspecified atom stereocenters. The molecule has 3 N–H and O–H groups in total. The van der Waals surface area contributed by atoms with E-state index in [0.717, 1.165) is 29.8 Å². The molecule has 1 aromatic carbocycles. The average molecular weight is 315 g/mol. The van der Waals surface area contributed by atoms with E-state index >= 15 is 0 Å². The molecule has 3 rings (SSSR count). The first-order valence-electron chi connectivity index (χ1n) is 7.78. The van der Waals surface area contributed by atoms with Crippen LogP contribution in [0, 0.1) is 5.92 Å². The summed E-state index contributed by atoms with van der Waals surface area (Å²) in [6.45, 7) is 1.26. The van der Waals surface area contributed by atoms with Gasteiger partial charge >= 0.3 is 0 Å². The second-order valence-electron chi connectivity index (χ2n) is 5.61. The second-order valence-corrected chi connectivity index (χ2v) is 6.67. The van der Waals surface area contributed by atoms with Gasteiger partial charge in [-0.3, -0.25) is 4.79 Å². The number of benzene rings is 1. The number of hydrogen-bond acceptors (Lipinski definition) is 4. The van der Waals surface area contributed by atoms with Gasteiger partial charge in [-0.2, -0.15) is 0 Å². The van der Waals surface area contributed by atoms with Gasteiger partial charge < -0.3 is 11.1 Å². The van der Waals surface area contributed by atoms with Crippen LogP contribution in [0.5, 0.6) is 0 Å². The molecular formula is C17H21N3OS. The van der Waals surface area contributed by atoms with Gasteiger partial charge in [-0.05, 0) is 37.9 Å². The van der Waals surface area contributed by atoms with E-state index in [-0.39, 0.29) is 17.7 Å². The van der Waals surface area contributed by atoms with Crippen molar-refractivity contribution in [1.82, 2.24) is 10.3 Å². The van der Waals surface area contributed by atoms with Gasteiger partial charge in [0.25, 0.3) is 0 Å². The number of nitrogens with one attached hydrogen (secondary N) is 1. The molecule has 1 aliphatic carbocycles. The Bertz CT molecular complexity index is 646. The van der Waals surface area contributed by atoms with Crippen LogP contribution in [0.25, 0.3) is 10.2 Å². The van der Waals surface area contributed by atoms with Crippen LogP contribution in [-0.2, 0) is 4.79 Å². The number of para-hydroxylation sites is 1. The Kier molecular flexibility index (Phi) is 4.85. The normalized spacial score (nSPS) is 21.1. The smallest absolute Gasteiger partial charge is 0.224 e. The summed E-state index contributed by atoms with van der Waals surface area (Å²) >= 11 is 1.71. The lowest BCUT2D eigenvalue weighted by Gasteiger charge is -2.26. The second kappa shape index (κ2) is 7.03. The van der Waals surface area contributed by atoms with Crippen LogP contribution in [0.2, 0.25) is 0 Å². The molecule has 0 radical (unpaired) electrons. The summed E-state index contributed by atoms with van der Waals surface area (Å²) in [5.74, 6) is 0.283. The van der Waals surface area contributed by atoms with Crippen molar-refractivity contribution in [3.05, 3.63) is 41.4 Å². The maximum absolute atomic E-state index is 12.5. The highest BCUT2D eigenvalue weighted by Gasteiger charge is 2.31. The van der Waals surface area contributed by atoms with Crippen molar-refractivity contribution in [3.63, 3.8) is 0 Å². The Morgan fingerprint density at radius 1 is 1.32 bits per heavy atom. The molecule has 116 valence electrons. The van der Waals surface area contributed by atoms with E-state index in [1.165, 1.54) is 4.70 Å². The third-order valence-corrected chi connectivity index (χ3v) is 5.25. The van der Waals surface area contributed by atoms with Crippen molar-refractivity contribution in [3.8, 4) is 0 Å². The lowest BCUT2D eigenvalue weighted by molar-refractivity contribution is -0.125. The fraction of sp³-hybridized carbons (Fsp3) is 0.412. The summed E-state index contributed by atoms with van der Waals surface area (Å²) in [6.07, 6.45) is 6.77. The molecule has 0 spiro atoms. The summed E-state index contributed by atoms with van der Waals surface area (Å²) < 4.78 is 1.19. The molecule has 0 saturated carbocycles. The first kappa shape index (κ1) is 15.2. The standard InChI is InChI=1S/C17H21N3OS/c18-10-5-11-19-16(21)12-6-1-2-7-13(12)17-20-14-8-3-4-9-15(14)22-17/h1-4,8-9,12-13H,5-7,10-11,18H2,(H,19,21). The number of nitrogens with two attached hydrogens (primary N) is 1. The highest BCUT2D eigenvalue weighted by Crippen LogP contribution is 2.38. The van der Waals surface area contributed by atoms with E-state index in [1.807, 2.05) is 18.2 Å². The zero-order valence-electron chi connectivity index (χ0n) is 12.5. The van der Waals surface area contributed by atoms with Gasteiger partial charge in [-0.15, -0.1) is 11.3 Å². The summed E-state index contributed by atoms with van der Waals surface area (Å²) in [5, 5.41) is 4.08. The molecule has 1 amide bonds. The number of thiazole rings is 1. The minimum atomic E-state index is -0.0247. The molecule has 0 bridgehead atoms. The first-order chi connectivity index (χ1) is 10.8. The number of aromatic nitrogens is 1. The molecule has 5 heteroatoms. The number of fused-ring (bicyclic) bond motifs is 1. The van der Waals surface area contributed by atoms with Crippen molar-refractivity contribution in [2.75, 3.05) is 13.1 Å². The molecule has 2 atom stereocenters. The Morgan fingerprint density at radius 3 is 2.95 bits per heavy atom. The van der Waals surface area contributed by atoms with E-state index in [1.54, 1.807) is 11.3 Å². The molecular weight excluding hydrogens is 294 g/mol. The zero-order chi connectivity index (χ0) is 15.4. The van der Waals surface area contributed by atoms with Crippen molar-refractivity contribution in [2.24, 2.45) is 11.7 Å². The lowest BCUT2D eigenvalue weighted by Crippen LogP contribution is -2.36. The van der Waals surface area contributed by atoms with Crippen molar-refractivity contribution in [2.45, 2.75) is 25.2 Å². The van der Waals surface area contributed by atoms with Gasteiger partial charge in [0.15, 0.2) is 0 Å². The minimum absolute atomic E-state index is 0.0247. The minimum Gasteiger partial charge on any atom is -0.356 e. The van der Waals surface area contributed by atoms with Crippen LogP contribution < -0.4 is 11.1 Å². The predicted molar refractivity (Wildman–Crippen MR) is 90.9 cm³/mol. The third kappa shape index (κ3) is 3.20. The monoisotopic (exact) mass is 315 g/mol. The largest absolute Gasteiger partial charge is 0.356 e. The summed E-state index contributed by atoms with van der Waals surface area (Å²) in [6, 6.07) is 8.15. The first-order valence-corrected chi connectivity index (χ1v) is 8.59. The number of rotatable bonds is 5. The Balaban J connectivity index is 1.80. The average Bonchev–Trinajstić information content (AvgIpc) is 2.99. The molecule has 0 saturated heterocycles. The van der Waals surface area contributed by atoms with E-state index < -0.39 is 0 Å². The molecule has 1 heterocycles. The Labute approximate surface area is 134 Å². The maximum atomic E-state index is 12.5. The molecule has 0 fully saturated rings. The van der Waals surface area contributed by atoms with Crippen LogP contribution >= 0.6 is 11.3 Å². The zero-order valence-corrected chi connectivity index (χ0v) is 13.3. The lowest BCUT2D eigenvalue weighted by atomic mass is 9.82. The van der Waals surface area contributed by atoms with Gasteiger partial charge in [0, 0.05) is 12.5 Å². The maximum Gasteiger partial charge on any atom is 0.224 e. The summed E-state index contributed by atoms with van der Waals surface area (Å²) in [5.41, 5.74) is 6.51. The van der Waals surface area contributed by atoms with E-state index in [4.69, 9.17) is 10.7 Å². The van der Waals surface area contributed by atoms with Crippen molar-refractivity contribution >= 4 is 27.5 Å². The number of hydrogen-bond donors (Lipinski definition) is 2. The van der Waals surface area contributed by atoms with Crippen LogP contribution in [0.15, 0.2) is 36.4 Å². The summed E-state index contributed by atoms with van der Waals surface area (Å²) in [7, 11) is 0. The van der Waals surface area contributed by atoms with Crippen molar-refractivity contribution < 1.29 is 4.79 Å². The molecule has 2 aromatic rings. The molecule has 4 nitrogen and oxygen atoms in total. The van der Waals surface area contributed by atoms with Crippen LogP contribution in [0.3, 0.4) is 0 Å². The SMILES string of the molecule is NCCCNC(=O)C1CC=CCC1c1nc2ccccc2s1. The number of carbonyl (C=O) groups is 1. The highest BCUT2D eigenvalue weighted by atomic mass is 32.1. The molecule has 1 aliphatic rings. The Morgan fingerprint density at radius 2 is 2.14 bits per heavy atom. The number of nitrogens with zero attached hydrogens (tertiary/aromatic N) is 1. The topological polar surface area (TPSA) is 68.0 Å². The molecule has 22 heavy (non-hydrogen) atoms. The van der Waals surface area contributed by atoms with E-state index in [9.17, 15) is 4.79 Å². The highest BCUT2D eigenvalue weighted by molar-refractivity contribution is 7.18. The van der Waals surface area contributed by atoms with E-state index in [0.29, 0.717) is 13.1 Å². The number of allylic oxidation sites excluding steroid dienone is 2. The predicted octanol–water partition coefficient (Wildman–Crippen LogP) is 2.81. The van der Waals surface area contributed by atoms with Gasteiger partial charge in [0.2, 0.25) is 5.91 Å². The number of amides is 1. The number of carbonyl (C=O) groups excluding carboxylic acids is 1. The van der Waals surface area contributed by atoms with E-state index in [2.05, 4.69) is 23.5 Å². The Hall–Kier alpha value is -1.72. The molecule has 1 aromatic heterocycles. The third-order valence-electron chi connectivity index (χ3n) is 4.08. The van der Waals surface area contributed by atoms with Crippen LogP contribution in [0.1, 0.15) is 30.2 Å². The van der Waals surface area contributed by atoms with Gasteiger partial charge in [-0.1, -0.05) is 24.3 Å². The summed E-state index contributed by atoms with van der Waals surface area (Å²) in [4.78, 5) is 17.2. The quantitative estimate of drug-likeness (QED) is 0.658. The fourth-order valence-electron chi connectivity index (χ4n) is 2.87. The molecule has 0 aliphatic heterocycles. The van der Waals surface area contributed by atoms with Crippen LogP contribution in [0.4, 0.5) is 0 Å². The van der Waals surface area contributed by atoms with Crippen molar-refractivity contribution in [1.29, 1.82) is 0 Å². The van der Waals surface area contributed by atoms with Gasteiger partial charge in [0.05, 0.1) is 21.1 Å². The van der Waals surface area contributed by atoms with Gasteiger partial charge in [0.1, 0.15) is 0 Å². The van der Waals surface area contributed by atoms with Crippen LogP contribution in [-0.4, -0.2) is 24.0 Å².